The number of carboxylic acid groups (broad SMARTS) is 1. The van der Waals surface area contributed by atoms with E-state index >= 15 is 0 Å². The number of benzene rings is 1. The summed E-state index contributed by atoms with van der Waals surface area (Å²) < 4.78 is 0. The summed E-state index contributed by atoms with van der Waals surface area (Å²) in [4.78, 5) is 25.3. The zero-order chi connectivity index (χ0) is 14.3. The van der Waals surface area contributed by atoms with E-state index in [1.165, 1.54) is 11.1 Å². The van der Waals surface area contributed by atoms with Crippen molar-refractivity contribution >= 4 is 11.9 Å². The average molecular weight is 273 g/mol. The Hall–Kier alpha value is -1.84. The predicted octanol–water partition coefficient (Wildman–Crippen LogP) is 2.38. The van der Waals surface area contributed by atoms with Crippen LogP contribution in [-0.4, -0.2) is 28.4 Å². The van der Waals surface area contributed by atoms with Crippen LogP contribution in [0.4, 0.5) is 0 Å². The van der Waals surface area contributed by atoms with Gasteiger partial charge in [0.1, 0.15) is 0 Å². The van der Waals surface area contributed by atoms with E-state index in [-0.39, 0.29) is 17.9 Å². The minimum absolute atomic E-state index is 0.0307. The summed E-state index contributed by atoms with van der Waals surface area (Å²) >= 11 is 0. The third kappa shape index (κ3) is 2.19. The molecule has 106 valence electrons. The minimum Gasteiger partial charge on any atom is -0.481 e. The largest absolute Gasteiger partial charge is 0.481 e. The molecule has 20 heavy (non-hydrogen) atoms. The maximum absolute atomic E-state index is 12.5. The smallest absolute Gasteiger partial charge is 0.307 e. The summed E-state index contributed by atoms with van der Waals surface area (Å²) in [5.74, 6) is -1.56. The van der Waals surface area contributed by atoms with Crippen LogP contribution in [0.5, 0.6) is 0 Å². The molecule has 3 atom stereocenters. The highest BCUT2D eigenvalue weighted by molar-refractivity contribution is 5.89. The molecular formula is C16H19NO3. The maximum Gasteiger partial charge on any atom is 0.307 e. The number of amides is 1. The van der Waals surface area contributed by atoms with Gasteiger partial charge in [-0.05, 0) is 37.3 Å². The first kappa shape index (κ1) is 13.2. The van der Waals surface area contributed by atoms with Crippen molar-refractivity contribution in [1.82, 2.24) is 4.90 Å². The zero-order valence-corrected chi connectivity index (χ0v) is 11.6. The fourth-order valence-corrected chi connectivity index (χ4v) is 3.27. The van der Waals surface area contributed by atoms with Crippen LogP contribution < -0.4 is 0 Å². The van der Waals surface area contributed by atoms with E-state index in [4.69, 9.17) is 5.11 Å². The van der Waals surface area contributed by atoms with Gasteiger partial charge in [0.15, 0.2) is 0 Å². The van der Waals surface area contributed by atoms with Crippen molar-refractivity contribution in [3.8, 4) is 0 Å². The van der Waals surface area contributed by atoms with Gasteiger partial charge in [-0.1, -0.05) is 24.3 Å². The van der Waals surface area contributed by atoms with Crippen LogP contribution in [0.1, 0.15) is 36.4 Å². The van der Waals surface area contributed by atoms with E-state index in [2.05, 4.69) is 19.1 Å². The zero-order valence-electron chi connectivity index (χ0n) is 11.6. The molecule has 4 heteroatoms. The van der Waals surface area contributed by atoms with Gasteiger partial charge in [-0.15, -0.1) is 0 Å². The fourth-order valence-electron chi connectivity index (χ4n) is 3.27. The Kier molecular flexibility index (Phi) is 3.24. The monoisotopic (exact) mass is 273 g/mol. The van der Waals surface area contributed by atoms with Crippen molar-refractivity contribution in [3.05, 3.63) is 35.4 Å². The van der Waals surface area contributed by atoms with Crippen LogP contribution in [0.15, 0.2) is 24.3 Å². The van der Waals surface area contributed by atoms with Gasteiger partial charge >= 0.3 is 5.97 Å². The van der Waals surface area contributed by atoms with Crippen molar-refractivity contribution in [2.24, 2.45) is 11.8 Å². The minimum atomic E-state index is -0.838. The van der Waals surface area contributed by atoms with Crippen molar-refractivity contribution in [1.29, 1.82) is 0 Å². The molecule has 0 aromatic heterocycles. The first-order valence-corrected chi connectivity index (χ1v) is 7.18. The molecule has 1 saturated heterocycles. The molecule has 1 amide bonds. The van der Waals surface area contributed by atoms with E-state index in [9.17, 15) is 9.59 Å². The molecular weight excluding hydrogens is 254 g/mol. The SMILES string of the molecule is Cc1ccccc1[C@@H]1CCCN1C(=O)[C@@H]1C[C@@H]1C(=O)O. The molecule has 0 radical (unpaired) electrons. The van der Waals surface area contributed by atoms with Gasteiger partial charge in [-0.2, -0.15) is 0 Å². The van der Waals surface area contributed by atoms with Crippen molar-refractivity contribution in [2.45, 2.75) is 32.2 Å². The lowest BCUT2D eigenvalue weighted by Crippen LogP contribution is -2.33. The molecule has 2 fully saturated rings. The van der Waals surface area contributed by atoms with E-state index < -0.39 is 11.9 Å². The Morgan fingerprint density at radius 1 is 1.25 bits per heavy atom. The number of nitrogens with zero attached hydrogens (tertiary/aromatic N) is 1. The maximum atomic E-state index is 12.5. The Balaban J connectivity index is 1.78. The normalized spacial score (nSPS) is 28.4. The van der Waals surface area contributed by atoms with E-state index in [0.717, 1.165) is 19.4 Å². The first-order valence-electron chi connectivity index (χ1n) is 7.18. The number of aliphatic carboxylic acids is 1. The summed E-state index contributed by atoms with van der Waals surface area (Å²) in [5, 5.41) is 8.97. The summed E-state index contributed by atoms with van der Waals surface area (Å²) in [6, 6.07) is 8.27. The molecule has 1 heterocycles. The molecule has 0 spiro atoms. The molecule has 1 N–H and O–H groups in total. The van der Waals surface area contributed by atoms with Crippen LogP contribution in [0.2, 0.25) is 0 Å². The number of carbonyl (C=O) groups is 2. The van der Waals surface area contributed by atoms with Gasteiger partial charge in [0.2, 0.25) is 5.91 Å². The van der Waals surface area contributed by atoms with Gasteiger partial charge < -0.3 is 10.0 Å². The molecule has 1 aliphatic heterocycles. The topological polar surface area (TPSA) is 57.6 Å². The molecule has 1 aromatic carbocycles. The number of rotatable bonds is 3. The van der Waals surface area contributed by atoms with Crippen molar-refractivity contribution in [2.75, 3.05) is 6.54 Å². The van der Waals surface area contributed by atoms with Crippen LogP contribution in [-0.2, 0) is 9.59 Å². The Morgan fingerprint density at radius 2 is 2.00 bits per heavy atom. The predicted molar refractivity (Wildman–Crippen MR) is 74.1 cm³/mol. The van der Waals surface area contributed by atoms with Crippen LogP contribution in [0.25, 0.3) is 0 Å². The van der Waals surface area contributed by atoms with Crippen LogP contribution in [0.3, 0.4) is 0 Å². The van der Waals surface area contributed by atoms with Gasteiger partial charge in [0, 0.05) is 6.54 Å². The molecule has 0 bridgehead atoms. The van der Waals surface area contributed by atoms with Gasteiger partial charge in [-0.3, -0.25) is 9.59 Å². The average Bonchev–Trinajstić information content (AvgIpc) is 3.09. The summed E-state index contributed by atoms with van der Waals surface area (Å²) in [6.45, 7) is 2.81. The summed E-state index contributed by atoms with van der Waals surface area (Å²) in [6.07, 6.45) is 2.47. The molecule has 4 nitrogen and oxygen atoms in total. The Labute approximate surface area is 118 Å². The number of aryl methyl sites for hydroxylation is 1. The number of likely N-dealkylation sites (tertiary alicyclic amines) is 1. The highest BCUT2D eigenvalue weighted by Crippen LogP contribution is 2.44. The number of hydrogen-bond acceptors (Lipinski definition) is 2. The molecule has 1 saturated carbocycles. The second kappa shape index (κ2) is 4.93. The van der Waals surface area contributed by atoms with Crippen molar-refractivity contribution < 1.29 is 14.7 Å². The highest BCUT2D eigenvalue weighted by Gasteiger charge is 2.51. The second-order valence-corrected chi connectivity index (χ2v) is 5.83. The summed E-state index contributed by atoms with van der Waals surface area (Å²) in [5.41, 5.74) is 2.40. The molecule has 2 aliphatic rings. The Morgan fingerprint density at radius 3 is 2.65 bits per heavy atom. The van der Waals surface area contributed by atoms with Crippen molar-refractivity contribution in [3.63, 3.8) is 0 Å². The lowest BCUT2D eigenvalue weighted by atomic mass is 9.99. The number of carboxylic acids is 1. The molecule has 3 rings (SSSR count). The third-order valence-electron chi connectivity index (χ3n) is 4.51. The van der Waals surface area contributed by atoms with E-state index in [1.54, 1.807) is 0 Å². The Bertz CT molecular complexity index is 554. The number of carbonyl (C=O) groups excluding carboxylic acids is 1. The molecule has 1 aromatic rings. The molecule has 1 aliphatic carbocycles. The van der Waals surface area contributed by atoms with Gasteiger partial charge in [-0.25, -0.2) is 0 Å². The van der Waals surface area contributed by atoms with Crippen LogP contribution in [0, 0.1) is 18.8 Å². The first-order chi connectivity index (χ1) is 9.59. The van der Waals surface area contributed by atoms with Crippen LogP contribution >= 0.6 is 0 Å². The summed E-state index contributed by atoms with van der Waals surface area (Å²) in [7, 11) is 0. The lowest BCUT2D eigenvalue weighted by Gasteiger charge is -2.26. The fraction of sp³-hybridized carbons (Fsp3) is 0.500. The van der Waals surface area contributed by atoms with Gasteiger partial charge in [0.05, 0.1) is 17.9 Å². The van der Waals surface area contributed by atoms with Gasteiger partial charge in [0.25, 0.3) is 0 Å². The lowest BCUT2D eigenvalue weighted by molar-refractivity contribution is -0.142. The van der Waals surface area contributed by atoms with E-state index in [1.807, 2.05) is 17.0 Å². The standard InChI is InChI=1S/C16H19NO3/c1-10-5-2-3-6-11(10)14-7-4-8-17(14)15(18)12-9-13(12)16(19)20/h2-3,5-6,12-14H,4,7-9H2,1H3,(H,19,20)/t12-,13+,14+/m1/s1. The highest BCUT2D eigenvalue weighted by atomic mass is 16.4. The third-order valence-corrected chi connectivity index (χ3v) is 4.51. The second-order valence-electron chi connectivity index (χ2n) is 5.83. The van der Waals surface area contributed by atoms with E-state index in [0.29, 0.717) is 6.42 Å². The quantitative estimate of drug-likeness (QED) is 0.920. The number of hydrogen-bond donors (Lipinski definition) is 1. The molecule has 0 unspecified atom stereocenters.